The molecule has 5 rings (SSSR count). The minimum Gasteiger partial charge on any atom is -0.332 e. The summed E-state index contributed by atoms with van der Waals surface area (Å²) in [7, 11) is 0. The summed E-state index contributed by atoms with van der Waals surface area (Å²) in [5, 5.41) is 0.560. The Morgan fingerprint density at radius 2 is 1.39 bits per heavy atom. The highest BCUT2D eigenvalue weighted by molar-refractivity contribution is 5.87. The van der Waals surface area contributed by atoms with Gasteiger partial charge in [-0.2, -0.15) is 0 Å². The number of fused-ring (bicyclic) bond motifs is 1. The molecule has 1 amide bonds. The maximum absolute atomic E-state index is 14.8. The van der Waals surface area contributed by atoms with E-state index in [-0.39, 0.29) is 11.5 Å². The van der Waals surface area contributed by atoms with Crippen LogP contribution in [-0.4, -0.2) is 26.9 Å². The van der Waals surface area contributed by atoms with E-state index in [0.29, 0.717) is 29.7 Å². The maximum Gasteiger partial charge on any atom is 0.266 e. The van der Waals surface area contributed by atoms with E-state index in [1.54, 1.807) is 4.57 Å². The number of unbranched alkanes of at least 4 members (excludes halogenated alkanes) is 1. The number of carbonyl (C=O) groups excluding carboxylic acids is 1. The highest BCUT2D eigenvalue weighted by Gasteiger charge is 2.34. The quantitative estimate of drug-likeness (QED) is 0.182. The van der Waals surface area contributed by atoms with Gasteiger partial charge in [0.05, 0.1) is 28.6 Å². The number of hydrogen-bond donors (Lipinski definition) is 0. The molecule has 0 bridgehead atoms. The molecule has 0 saturated heterocycles. The SMILES string of the molecule is CCCCN(C(=O)C(c1ccccc1)c1ccccc1)C(CC)c1nc2ccccc2c(=O)n1-c1ccc(C)cc1. The monoisotopic (exact) mass is 543 g/mol. The van der Waals surface area contributed by atoms with Gasteiger partial charge in [-0.25, -0.2) is 4.98 Å². The molecule has 208 valence electrons. The zero-order chi connectivity index (χ0) is 28.8. The Kier molecular flexibility index (Phi) is 8.73. The highest BCUT2D eigenvalue weighted by atomic mass is 16.2. The summed E-state index contributed by atoms with van der Waals surface area (Å²) >= 11 is 0. The van der Waals surface area contributed by atoms with Crippen molar-refractivity contribution in [3.8, 4) is 5.69 Å². The van der Waals surface area contributed by atoms with Crippen LogP contribution in [0.15, 0.2) is 114 Å². The third-order valence-electron chi connectivity index (χ3n) is 7.70. The fourth-order valence-electron chi connectivity index (χ4n) is 5.54. The summed E-state index contributed by atoms with van der Waals surface area (Å²) in [5.41, 5.74) is 4.26. The standard InChI is InChI=1S/C36H37N3O2/c1-4-6-25-38(36(41)33(27-15-9-7-10-16-27)28-17-11-8-12-18-28)32(5-2)34-37-31-20-14-13-19-30(31)35(40)39(34)29-23-21-26(3)22-24-29/h7-24,32-33H,4-6,25H2,1-3H3. The van der Waals surface area contributed by atoms with Crippen molar-refractivity contribution in [2.45, 2.75) is 52.0 Å². The number of rotatable bonds is 10. The number of nitrogens with zero attached hydrogens (tertiary/aromatic N) is 3. The molecule has 0 fully saturated rings. The first-order chi connectivity index (χ1) is 20.0. The molecule has 1 aromatic heterocycles. The summed E-state index contributed by atoms with van der Waals surface area (Å²) in [6, 6.07) is 34.9. The van der Waals surface area contributed by atoms with Gasteiger partial charge in [0.15, 0.2) is 0 Å². The topological polar surface area (TPSA) is 55.2 Å². The molecule has 1 unspecified atom stereocenters. The molecular weight excluding hydrogens is 506 g/mol. The summed E-state index contributed by atoms with van der Waals surface area (Å²) in [6.45, 7) is 6.80. The Hall–Kier alpha value is -4.51. The summed E-state index contributed by atoms with van der Waals surface area (Å²) < 4.78 is 1.71. The minimum atomic E-state index is -0.469. The molecule has 41 heavy (non-hydrogen) atoms. The number of aromatic nitrogens is 2. The van der Waals surface area contributed by atoms with Crippen molar-refractivity contribution in [1.29, 1.82) is 0 Å². The predicted molar refractivity (Wildman–Crippen MR) is 166 cm³/mol. The molecule has 0 radical (unpaired) electrons. The molecular formula is C36H37N3O2. The summed E-state index contributed by atoms with van der Waals surface area (Å²) in [4.78, 5) is 35.9. The molecule has 0 saturated carbocycles. The maximum atomic E-state index is 14.8. The number of aryl methyl sites for hydroxylation is 1. The number of para-hydroxylation sites is 1. The van der Waals surface area contributed by atoms with Gasteiger partial charge in [0.25, 0.3) is 5.56 Å². The molecule has 5 nitrogen and oxygen atoms in total. The third-order valence-corrected chi connectivity index (χ3v) is 7.70. The molecule has 4 aromatic carbocycles. The molecule has 1 heterocycles. The van der Waals surface area contributed by atoms with Crippen LogP contribution in [0.1, 0.15) is 67.6 Å². The van der Waals surface area contributed by atoms with Gasteiger partial charge < -0.3 is 4.90 Å². The Morgan fingerprint density at radius 1 is 0.805 bits per heavy atom. The van der Waals surface area contributed by atoms with E-state index >= 15 is 0 Å². The van der Waals surface area contributed by atoms with Gasteiger partial charge in [0.1, 0.15) is 5.82 Å². The van der Waals surface area contributed by atoms with Crippen LogP contribution in [0.5, 0.6) is 0 Å². The predicted octanol–water partition coefficient (Wildman–Crippen LogP) is 7.61. The van der Waals surface area contributed by atoms with Crippen LogP contribution in [0.3, 0.4) is 0 Å². The molecule has 5 aromatic rings. The van der Waals surface area contributed by atoms with E-state index in [4.69, 9.17) is 4.98 Å². The van der Waals surface area contributed by atoms with Gasteiger partial charge in [-0.3, -0.25) is 14.2 Å². The van der Waals surface area contributed by atoms with E-state index in [2.05, 4.69) is 13.8 Å². The summed E-state index contributed by atoms with van der Waals surface area (Å²) in [5.74, 6) is 0.133. The van der Waals surface area contributed by atoms with Crippen LogP contribution < -0.4 is 5.56 Å². The van der Waals surface area contributed by atoms with Gasteiger partial charge >= 0.3 is 0 Å². The van der Waals surface area contributed by atoms with E-state index < -0.39 is 12.0 Å². The van der Waals surface area contributed by atoms with Gasteiger partial charge in [-0.05, 0) is 55.2 Å². The number of benzene rings is 4. The van der Waals surface area contributed by atoms with E-state index in [1.165, 1.54) is 0 Å². The lowest BCUT2D eigenvalue weighted by Crippen LogP contribution is -2.41. The Balaban J connectivity index is 1.71. The van der Waals surface area contributed by atoms with Crippen LogP contribution in [-0.2, 0) is 4.79 Å². The first-order valence-electron chi connectivity index (χ1n) is 14.5. The second kappa shape index (κ2) is 12.8. The van der Waals surface area contributed by atoms with Crippen molar-refractivity contribution in [1.82, 2.24) is 14.5 Å². The van der Waals surface area contributed by atoms with Crippen LogP contribution in [0.25, 0.3) is 16.6 Å². The van der Waals surface area contributed by atoms with Crippen molar-refractivity contribution in [3.05, 3.63) is 142 Å². The summed E-state index contributed by atoms with van der Waals surface area (Å²) in [6.07, 6.45) is 2.40. The second-order valence-corrected chi connectivity index (χ2v) is 10.5. The van der Waals surface area contributed by atoms with Gasteiger partial charge in [-0.1, -0.05) is 111 Å². The lowest BCUT2D eigenvalue weighted by atomic mass is 9.89. The average molecular weight is 544 g/mol. The largest absolute Gasteiger partial charge is 0.332 e. The van der Waals surface area contributed by atoms with E-state index in [1.807, 2.05) is 121 Å². The Morgan fingerprint density at radius 3 is 1.98 bits per heavy atom. The van der Waals surface area contributed by atoms with Crippen molar-refractivity contribution in [2.75, 3.05) is 6.54 Å². The lowest BCUT2D eigenvalue weighted by molar-refractivity contribution is -0.134. The van der Waals surface area contributed by atoms with Gasteiger partial charge in [0.2, 0.25) is 5.91 Å². The fourth-order valence-corrected chi connectivity index (χ4v) is 5.54. The molecule has 0 spiro atoms. The number of amides is 1. The molecule has 0 aliphatic rings. The number of carbonyl (C=O) groups is 1. The normalized spacial score (nSPS) is 12.0. The molecule has 1 atom stereocenters. The molecule has 0 aliphatic heterocycles. The van der Waals surface area contributed by atoms with Gasteiger partial charge in [0, 0.05) is 6.54 Å². The lowest BCUT2D eigenvalue weighted by Gasteiger charge is -2.35. The molecule has 0 aliphatic carbocycles. The smallest absolute Gasteiger partial charge is 0.266 e. The molecule has 0 N–H and O–H groups in total. The van der Waals surface area contributed by atoms with E-state index in [0.717, 1.165) is 35.2 Å². The van der Waals surface area contributed by atoms with Crippen molar-refractivity contribution in [3.63, 3.8) is 0 Å². The Bertz CT molecular complexity index is 1620. The zero-order valence-electron chi connectivity index (χ0n) is 24.0. The first-order valence-corrected chi connectivity index (χ1v) is 14.5. The minimum absolute atomic E-state index is 0.0144. The fraction of sp³-hybridized carbons (Fsp3) is 0.250. The van der Waals surface area contributed by atoms with Crippen molar-refractivity contribution >= 4 is 16.8 Å². The molecule has 5 heteroatoms. The third kappa shape index (κ3) is 5.85. The van der Waals surface area contributed by atoms with Crippen molar-refractivity contribution < 1.29 is 4.79 Å². The second-order valence-electron chi connectivity index (χ2n) is 10.5. The average Bonchev–Trinajstić information content (AvgIpc) is 3.01. The highest BCUT2D eigenvalue weighted by Crippen LogP contribution is 2.33. The zero-order valence-corrected chi connectivity index (χ0v) is 24.0. The van der Waals surface area contributed by atoms with Crippen LogP contribution in [0.4, 0.5) is 0 Å². The van der Waals surface area contributed by atoms with Gasteiger partial charge in [-0.15, -0.1) is 0 Å². The first kappa shape index (κ1) is 28.0. The van der Waals surface area contributed by atoms with Crippen molar-refractivity contribution in [2.24, 2.45) is 0 Å². The number of hydrogen-bond acceptors (Lipinski definition) is 3. The van der Waals surface area contributed by atoms with Crippen LogP contribution in [0.2, 0.25) is 0 Å². The van der Waals surface area contributed by atoms with Crippen LogP contribution >= 0.6 is 0 Å². The van der Waals surface area contributed by atoms with Crippen LogP contribution in [0, 0.1) is 6.92 Å². The Labute approximate surface area is 242 Å². The van der Waals surface area contributed by atoms with E-state index in [9.17, 15) is 9.59 Å².